The van der Waals surface area contributed by atoms with Crippen LogP contribution < -0.4 is 0 Å². The Labute approximate surface area is 453 Å². The lowest BCUT2D eigenvalue weighted by molar-refractivity contribution is 1.12. The lowest BCUT2D eigenvalue weighted by Gasteiger charge is -2.19. The summed E-state index contributed by atoms with van der Waals surface area (Å²) in [5, 5.41) is 15.8. The van der Waals surface area contributed by atoms with Gasteiger partial charge in [0.05, 0.1) is 33.7 Å². The van der Waals surface area contributed by atoms with Gasteiger partial charge in [-0.15, -0.1) is 0 Å². The highest BCUT2D eigenvalue weighted by Gasteiger charge is 2.22. The molecule has 0 atom stereocenters. The smallest absolute Gasteiger partial charge is 0.0998 e. The van der Waals surface area contributed by atoms with E-state index in [9.17, 15) is 5.26 Å². The Morgan fingerprint density at radius 2 is 0.615 bits per heavy atom. The van der Waals surface area contributed by atoms with Crippen LogP contribution in [0.1, 0.15) is 17.0 Å². The number of aromatic nitrogens is 3. The number of nitrogens with zero attached hydrogens (tertiary/aromatic N) is 4. The molecule has 0 aliphatic rings. The van der Waals surface area contributed by atoms with Gasteiger partial charge in [0.25, 0.3) is 0 Å². The monoisotopic (exact) mass is 994 g/mol. The van der Waals surface area contributed by atoms with E-state index in [2.05, 4.69) is 276 Å². The van der Waals surface area contributed by atoms with Crippen LogP contribution in [-0.4, -0.2) is 14.1 Å². The van der Waals surface area contributed by atoms with Gasteiger partial charge in [-0.3, -0.25) is 4.98 Å². The summed E-state index contributed by atoms with van der Waals surface area (Å²) in [4.78, 5) is 4.77. The molecule has 0 spiro atoms. The van der Waals surface area contributed by atoms with E-state index in [4.69, 9.17) is 4.98 Å². The van der Waals surface area contributed by atoms with Crippen LogP contribution in [0.5, 0.6) is 0 Å². The van der Waals surface area contributed by atoms with Crippen LogP contribution in [0.25, 0.3) is 133 Å². The van der Waals surface area contributed by atoms with Gasteiger partial charge in [-0.2, -0.15) is 5.26 Å². The predicted octanol–water partition coefficient (Wildman–Crippen LogP) is 19.4. The first kappa shape index (κ1) is 46.2. The maximum atomic E-state index is 11.0. The van der Waals surface area contributed by atoms with Crippen molar-refractivity contribution >= 4 is 43.6 Å². The van der Waals surface area contributed by atoms with Gasteiger partial charge in [0.15, 0.2) is 0 Å². The molecule has 0 bridgehead atoms. The van der Waals surface area contributed by atoms with Crippen LogP contribution in [0.4, 0.5) is 0 Å². The topological polar surface area (TPSA) is 46.5 Å². The van der Waals surface area contributed by atoms with Crippen LogP contribution in [0.15, 0.2) is 267 Å². The van der Waals surface area contributed by atoms with Gasteiger partial charge < -0.3 is 9.13 Å². The molecule has 0 saturated carbocycles. The molecule has 0 radical (unpaired) electrons. The van der Waals surface area contributed by atoms with Crippen molar-refractivity contribution < 1.29 is 0 Å². The van der Waals surface area contributed by atoms with Gasteiger partial charge in [-0.1, -0.05) is 176 Å². The standard InChI is InChI=1S/C74H50N4/c1-48-41-61(42-49(2)76-48)64-36-27-60(47-75)73(54-23-32-62(33-24-54)77-69-37-28-56(50-15-7-3-8-16-50)43-65(69)66-44-57(29-38-70(66)77)51-17-9-4-10-18-51)74(64)55-25-34-63(35-26-55)78-71-39-30-58(52-19-11-5-12-20-52)45-67(71)68-46-59(31-40-72(68)78)53-21-13-6-14-22-53/h3-46H,1-2H3. The van der Waals surface area contributed by atoms with Gasteiger partial charge in [0.1, 0.15) is 0 Å². The van der Waals surface area contributed by atoms with E-state index in [1.54, 1.807) is 0 Å². The number of hydrogen-bond donors (Lipinski definition) is 0. The minimum absolute atomic E-state index is 0.609. The Kier molecular flexibility index (Phi) is 11.3. The second kappa shape index (κ2) is 19.1. The van der Waals surface area contributed by atoms with Gasteiger partial charge in [-0.25, -0.2) is 0 Å². The lowest BCUT2D eigenvalue weighted by Crippen LogP contribution is -1.98. The molecule has 0 aliphatic carbocycles. The molecule has 3 aromatic heterocycles. The lowest BCUT2D eigenvalue weighted by atomic mass is 9.84. The number of pyridine rings is 1. The molecule has 4 nitrogen and oxygen atoms in total. The van der Waals surface area contributed by atoms with Crippen molar-refractivity contribution in [3.05, 3.63) is 284 Å². The van der Waals surface area contributed by atoms with Gasteiger partial charge in [0.2, 0.25) is 0 Å². The Balaban J connectivity index is 0.923. The fourth-order valence-corrected chi connectivity index (χ4v) is 11.9. The molecule has 0 amide bonds. The SMILES string of the molecule is Cc1cc(-c2ccc(C#N)c(-c3ccc(-n4c5ccc(-c6ccccc6)cc5c5cc(-c6ccccc6)ccc54)cc3)c2-c2ccc(-n3c4ccc(-c5ccccc5)cc4c4cc(-c5ccccc5)ccc43)cc2)cc(C)n1. The summed E-state index contributed by atoms with van der Waals surface area (Å²) >= 11 is 0. The fraction of sp³-hybridized carbons (Fsp3) is 0.0270. The Hall–Kier alpha value is -10.3. The summed E-state index contributed by atoms with van der Waals surface area (Å²) in [5.74, 6) is 0. The van der Waals surface area contributed by atoms with Gasteiger partial charge in [0, 0.05) is 49.9 Å². The highest BCUT2D eigenvalue weighted by atomic mass is 15.0. The number of aryl methyl sites for hydroxylation is 2. The third-order valence-corrected chi connectivity index (χ3v) is 15.5. The number of hydrogen-bond acceptors (Lipinski definition) is 2. The number of benzene rings is 11. The normalized spacial score (nSPS) is 11.4. The Bertz CT molecular complexity index is 4430. The zero-order chi connectivity index (χ0) is 52.3. The largest absolute Gasteiger partial charge is 0.309 e. The maximum absolute atomic E-state index is 11.0. The number of rotatable bonds is 9. The molecule has 0 aliphatic heterocycles. The second-order valence-electron chi connectivity index (χ2n) is 20.3. The third kappa shape index (κ3) is 8.05. The second-order valence-corrected chi connectivity index (χ2v) is 20.3. The number of nitriles is 1. The fourth-order valence-electron chi connectivity index (χ4n) is 11.9. The van der Waals surface area contributed by atoms with E-state index in [0.29, 0.717) is 5.56 Å². The van der Waals surface area contributed by atoms with Crippen LogP contribution in [-0.2, 0) is 0 Å². The molecule has 11 aromatic carbocycles. The highest BCUT2D eigenvalue weighted by molar-refractivity contribution is 6.13. The summed E-state index contributed by atoms with van der Waals surface area (Å²) in [6.45, 7) is 4.09. The van der Waals surface area contributed by atoms with Crippen LogP contribution >= 0.6 is 0 Å². The molecule has 4 heteroatoms. The maximum Gasteiger partial charge on any atom is 0.0998 e. The van der Waals surface area contributed by atoms with Gasteiger partial charge in [-0.05, 0) is 177 Å². The van der Waals surface area contributed by atoms with Crippen LogP contribution in [0.3, 0.4) is 0 Å². The average Bonchev–Trinajstić information content (AvgIpc) is 4.20. The predicted molar refractivity (Wildman–Crippen MR) is 325 cm³/mol. The van der Waals surface area contributed by atoms with Crippen LogP contribution in [0, 0.1) is 25.2 Å². The first-order valence-corrected chi connectivity index (χ1v) is 26.6. The summed E-state index contributed by atoms with van der Waals surface area (Å²) in [6.07, 6.45) is 0. The minimum atomic E-state index is 0.609. The summed E-state index contributed by atoms with van der Waals surface area (Å²) in [6, 6.07) is 98.5. The van der Waals surface area contributed by atoms with Crippen LogP contribution in [0.2, 0.25) is 0 Å². The Morgan fingerprint density at radius 3 is 0.949 bits per heavy atom. The molecular weight excluding hydrogens is 945 g/mol. The molecule has 3 heterocycles. The van der Waals surface area contributed by atoms with Crippen molar-refractivity contribution in [2.45, 2.75) is 13.8 Å². The first-order chi connectivity index (χ1) is 38.4. The molecule has 0 N–H and O–H groups in total. The molecule has 78 heavy (non-hydrogen) atoms. The van der Waals surface area contributed by atoms with E-state index in [1.165, 1.54) is 66.1 Å². The summed E-state index contributed by atoms with van der Waals surface area (Å²) in [5.41, 5.74) is 24.5. The third-order valence-electron chi connectivity index (χ3n) is 15.5. The summed E-state index contributed by atoms with van der Waals surface area (Å²) < 4.78 is 4.76. The van der Waals surface area contributed by atoms with Crippen molar-refractivity contribution in [3.63, 3.8) is 0 Å². The average molecular weight is 995 g/mol. The van der Waals surface area contributed by atoms with Crippen molar-refractivity contribution in [3.8, 4) is 95.3 Å². The van der Waals surface area contributed by atoms with Crippen molar-refractivity contribution in [2.75, 3.05) is 0 Å². The minimum Gasteiger partial charge on any atom is -0.309 e. The highest BCUT2D eigenvalue weighted by Crippen LogP contribution is 2.45. The first-order valence-electron chi connectivity index (χ1n) is 26.6. The van der Waals surface area contributed by atoms with E-state index in [-0.39, 0.29) is 0 Å². The van der Waals surface area contributed by atoms with E-state index >= 15 is 0 Å². The quantitative estimate of drug-likeness (QED) is 0.145. The molecule has 14 aromatic rings. The molecular formula is C74H50N4. The zero-order valence-corrected chi connectivity index (χ0v) is 43.2. The molecule has 0 fully saturated rings. The van der Waals surface area contributed by atoms with E-state index in [1.807, 2.05) is 19.9 Å². The van der Waals surface area contributed by atoms with E-state index < -0.39 is 0 Å². The molecule has 366 valence electrons. The van der Waals surface area contributed by atoms with Crippen molar-refractivity contribution in [1.29, 1.82) is 5.26 Å². The molecule has 0 unspecified atom stereocenters. The zero-order valence-electron chi connectivity index (χ0n) is 43.2. The number of fused-ring (bicyclic) bond motifs is 6. The Morgan fingerprint density at radius 1 is 0.295 bits per heavy atom. The van der Waals surface area contributed by atoms with Gasteiger partial charge >= 0.3 is 0 Å². The summed E-state index contributed by atoms with van der Waals surface area (Å²) in [7, 11) is 0. The molecule has 0 saturated heterocycles. The molecule has 14 rings (SSSR count). The van der Waals surface area contributed by atoms with Crippen molar-refractivity contribution in [1.82, 2.24) is 14.1 Å². The van der Waals surface area contributed by atoms with E-state index in [0.717, 1.165) is 78.2 Å². The van der Waals surface area contributed by atoms with Crippen molar-refractivity contribution in [2.24, 2.45) is 0 Å².